The van der Waals surface area contributed by atoms with E-state index < -0.39 is 0 Å². The van der Waals surface area contributed by atoms with Gasteiger partial charge in [-0.2, -0.15) is 10.4 Å². The number of hydrazone groups is 1. The number of anilines is 1. The van der Waals surface area contributed by atoms with Gasteiger partial charge in [-0.1, -0.05) is 30.7 Å². The molecule has 1 N–H and O–H groups in total. The lowest BCUT2D eigenvalue weighted by Crippen LogP contribution is -2.12. The lowest BCUT2D eigenvalue weighted by Gasteiger charge is -2.02. The summed E-state index contributed by atoms with van der Waals surface area (Å²) in [6, 6.07) is 8.68. The van der Waals surface area contributed by atoms with Crippen LogP contribution < -0.4 is 5.43 Å². The number of para-hydroxylation sites is 1. The number of nitrogens with zero attached hydrogens (tertiary/aromatic N) is 2. The molecule has 82 valence electrons. The Morgan fingerprint density at radius 1 is 1.56 bits per heavy atom. The number of carbonyl (C=O) groups excluding carboxylic acids is 1. The zero-order chi connectivity index (χ0) is 12.0. The summed E-state index contributed by atoms with van der Waals surface area (Å²) in [5, 5.41) is 12.9. The number of hydrogen-bond acceptors (Lipinski definition) is 4. The van der Waals surface area contributed by atoms with E-state index in [1.165, 1.54) is 0 Å². The van der Waals surface area contributed by atoms with Gasteiger partial charge in [-0.25, -0.2) is 0 Å². The Kier molecular flexibility index (Phi) is 4.49. The lowest BCUT2D eigenvalue weighted by molar-refractivity contribution is -0.112. The van der Waals surface area contributed by atoms with E-state index in [0.717, 1.165) is 0 Å². The third kappa shape index (κ3) is 3.07. The highest BCUT2D eigenvalue weighted by atomic mass is 35.5. The molecule has 0 aliphatic rings. The molecule has 0 atom stereocenters. The molecule has 0 saturated carbocycles. The Morgan fingerprint density at radius 2 is 2.25 bits per heavy atom. The Labute approximate surface area is 98.5 Å². The summed E-state index contributed by atoms with van der Waals surface area (Å²) in [6.45, 7) is 1.67. The van der Waals surface area contributed by atoms with Crippen molar-refractivity contribution in [3.63, 3.8) is 0 Å². The zero-order valence-corrected chi connectivity index (χ0v) is 9.45. The minimum atomic E-state index is -0.304. The number of rotatable bonds is 4. The van der Waals surface area contributed by atoms with Crippen molar-refractivity contribution in [3.05, 3.63) is 29.3 Å². The monoisotopic (exact) mass is 235 g/mol. The average molecular weight is 236 g/mol. The van der Waals surface area contributed by atoms with E-state index in [2.05, 4.69) is 10.5 Å². The van der Waals surface area contributed by atoms with Crippen LogP contribution in [0.2, 0.25) is 5.02 Å². The first-order valence-corrected chi connectivity index (χ1v) is 5.08. The topological polar surface area (TPSA) is 65.2 Å². The van der Waals surface area contributed by atoms with Crippen LogP contribution in [0.15, 0.2) is 29.4 Å². The number of Topliss-reactive ketones (excluding diaryl/α,β-unsaturated/α-hetero) is 1. The Hall–Kier alpha value is -1.86. The smallest absolute Gasteiger partial charge is 0.203 e. The summed E-state index contributed by atoms with van der Waals surface area (Å²) in [7, 11) is 0. The van der Waals surface area contributed by atoms with Gasteiger partial charge in [0, 0.05) is 6.42 Å². The third-order valence-electron chi connectivity index (χ3n) is 1.85. The largest absolute Gasteiger partial charge is 0.292 e. The molecule has 0 fully saturated rings. The molecule has 0 spiro atoms. The highest BCUT2D eigenvalue weighted by Crippen LogP contribution is 2.20. The van der Waals surface area contributed by atoms with E-state index >= 15 is 0 Å². The Balaban J connectivity index is 2.84. The maximum absolute atomic E-state index is 11.2. The molecule has 4 nitrogen and oxygen atoms in total. The second kappa shape index (κ2) is 5.89. The molecule has 0 bridgehead atoms. The van der Waals surface area contributed by atoms with Crippen molar-refractivity contribution >= 4 is 28.8 Å². The van der Waals surface area contributed by atoms with Gasteiger partial charge >= 0.3 is 0 Å². The van der Waals surface area contributed by atoms with Crippen LogP contribution in [0.3, 0.4) is 0 Å². The summed E-state index contributed by atoms with van der Waals surface area (Å²) in [6.07, 6.45) is 0.247. The number of nitrogens with one attached hydrogen (secondary N) is 1. The molecule has 0 aliphatic heterocycles. The van der Waals surface area contributed by atoms with Crippen molar-refractivity contribution in [2.75, 3.05) is 5.43 Å². The first kappa shape index (κ1) is 12.2. The number of benzene rings is 1. The van der Waals surface area contributed by atoms with Crippen LogP contribution in [0.1, 0.15) is 13.3 Å². The van der Waals surface area contributed by atoms with Crippen molar-refractivity contribution in [1.29, 1.82) is 5.26 Å². The van der Waals surface area contributed by atoms with Gasteiger partial charge in [0.2, 0.25) is 5.71 Å². The summed E-state index contributed by atoms with van der Waals surface area (Å²) in [5.74, 6) is -0.304. The minimum absolute atomic E-state index is 0.151. The van der Waals surface area contributed by atoms with Crippen molar-refractivity contribution in [3.8, 4) is 6.07 Å². The highest BCUT2D eigenvalue weighted by Gasteiger charge is 2.08. The molecular weight excluding hydrogens is 226 g/mol. The van der Waals surface area contributed by atoms with E-state index in [1.54, 1.807) is 37.3 Å². The van der Waals surface area contributed by atoms with Gasteiger partial charge < -0.3 is 0 Å². The molecule has 0 aromatic heterocycles. The van der Waals surface area contributed by atoms with Gasteiger partial charge in [-0.05, 0) is 12.1 Å². The van der Waals surface area contributed by atoms with Crippen molar-refractivity contribution in [1.82, 2.24) is 0 Å². The molecule has 0 radical (unpaired) electrons. The molecule has 1 rings (SSSR count). The lowest BCUT2D eigenvalue weighted by atomic mass is 10.2. The van der Waals surface area contributed by atoms with Crippen LogP contribution in [0, 0.1) is 11.3 Å². The van der Waals surface area contributed by atoms with E-state index in [4.69, 9.17) is 16.9 Å². The van der Waals surface area contributed by atoms with Gasteiger partial charge in [-0.15, -0.1) is 0 Å². The van der Waals surface area contributed by atoms with Crippen molar-refractivity contribution < 1.29 is 4.79 Å². The van der Waals surface area contributed by atoms with Crippen LogP contribution in [-0.4, -0.2) is 11.5 Å². The summed E-state index contributed by atoms with van der Waals surface area (Å²) < 4.78 is 0. The number of nitriles is 1. The zero-order valence-electron chi connectivity index (χ0n) is 8.70. The third-order valence-corrected chi connectivity index (χ3v) is 2.18. The molecule has 16 heavy (non-hydrogen) atoms. The van der Waals surface area contributed by atoms with Gasteiger partial charge in [0.05, 0.1) is 10.7 Å². The minimum Gasteiger partial charge on any atom is -0.292 e. The van der Waals surface area contributed by atoms with Gasteiger partial charge in [0.15, 0.2) is 5.78 Å². The quantitative estimate of drug-likeness (QED) is 0.644. The van der Waals surface area contributed by atoms with E-state index in [9.17, 15) is 4.79 Å². The maximum Gasteiger partial charge on any atom is 0.203 e. The fourth-order valence-corrected chi connectivity index (χ4v) is 1.16. The van der Waals surface area contributed by atoms with Crippen LogP contribution >= 0.6 is 11.6 Å². The van der Waals surface area contributed by atoms with E-state index in [1.807, 2.05) is 0 Å². The van der Waals surface area contributed by atoms with Crippen LogP contribution in [0.25, 0.3) is 0 Å². The highest BCUT2D eigenvalue weighted by molar-refractivity contribution is 6.46. The normalized spacial score (nSPS) is 10.7. The second-order valence-electron chi connectivity index (χ2n) is 2.94. The summed E-state index contributed by atoms with van der Waals surface area (Å²) >= 11 is 5.86. The Bertz CT molecular complexity index is 463. The van der Waals surface area contributed by atoms with Crippen molar-refractivity contribution in [2.24, 2.45) is 5.10 Å². The summed E-state index contributed by atoms with van der Waals surface area (Å²) in [5.41, 5.74) is 3.00. The van der Waals surface area contributed by atoms with Crippen LogP contribution in [0.4, 0.5) is 5.69 Å². The molecule has 0 saturated heterocycles. The molecule has 0 amide bonds. The summed E-state index contributed by atoms with van der Waals surface area (Å²) in [4.78, 5) is 11.2. The second-order valence-corrected chi connectivity index (χ2v) is 3.35. The first-order valence-electron chi connectivity index (χ1n) is 4.70. The van der Waals surface area contributed by atoms with E-state index in [-0.39, 0.29) is 17.9 Å². The predicted molar refractivity (Wildman–Crippen MR) is 63.4 cm³/mol. The Morgan fingerprint density at radius 3 is 2.81 bits per heavy atom. The molecule has 0 aliphatic carbocycles. The van der Waals surface area contributed by atoms with Gasteiger partial charge in [0.1, 0.15) is 6.07 Å². The van der Waals surface area contributed by atoms with Crippen molar-refractivity contribution in [2.45, 2.75) is 13.3 Å². The molecular formula is C11H10ClN3O. The van der Waals surface area contributed by atoms with Gasteiger partial charge in [-0.3, -0.25) is 10.2 Å². The average Bonchev–Trinajstić information content (AvgIpc) is 2.31. The number of halogens is 1. The fraction of sp³-hybridized carbons (Fsp3) is 0.182. The molecule has 0 unspecified atom stereocenters. The molecule has 0 heterocycles. The maximum atomic E-state index is 11.2. The van der Waals surface area contributed by atoms with Crippen LogP contribution in [-0.2, 0) is 4.79 Å². The van der Waals surface area contributed by atoms with Gasteiger partial charge in [0.25, 0.3) is 0 Å². The van der Waals surface area contributed by atoms with E-state index in [0.29, 0.717) is 10.7 Å². The molecule has 5 heteroatoms. The number of carbonyl (C=O) groups is 1. The number of hydrogen-bond donors (Lipinski definition) is 1. The predicted octanol–water partition coefficient (Wildman–Crippen LogP) is 2.61. The SMILES string of the molecule is CCC(=O)/C(C#N)=N\Nc1ccccc1Cl. The molecule has 1 aromatic rings. The number of ketones is 1. The first-order chi connectivity index (χ1) is 7.69. The van der Waals surface area contributed by atoms with Crippen LogP contribution in [0.5, 0.6) is 0 Å². The molecule has 1 aromatic carbocycles. The standard InChI is InChI=1S/C11H10ClN3O/c1-2-11(16)10(7-13)15-14-9-6-4-3-5-8(9)12/h3-6,14H,2H2,1H3/b15-10-. The fourth-order valence-electron chi connectivity index (χ4n) is 0.985.